The van der Waals surface area contributed by atoms with Crippen LogP contribution in [0.1, 0.15) is 32.7 Å². The van der Waals surface area contributed by atoms with Gasteiger partial charge in [-0.1, -0.05) is 0 Å². The second kappa shape index (κ2) is 5.14. The van der Waals surface area contributed by atoms with E-state index >= 15 is 0 Å². The standard InChI is InChI=1S/C12H22N4O2/c1-9(2)16-11(13-15(4)12(16)17)18-10-5-7-14(3)8-6-10/h9-10H,5-8H2,1-4H3. The lowest BCUT2D eigenvalue weighted by atomic mass is 10.1. The third-order valence-electron chi connectivity index (χ3n) is 3.38. The minimum Gasteiger partial charge on any atom is -0.460 e. The topological polar surface area (TPSA) is 52.3 Å². The van der Waals surface area contributed by atoms with E-state index in [0.29, 0.717) is 6.01 Å². The molecule has 1 aliphatic heterocycles. The Balaban J connectivity index is 2.14. The van der Waals surface area contributed by atoms with Crippen LogP contribution in [0.4, 0.5) is 0 Å². The maximum absolute atomic E-state index is 11.9. The predicted molar refractivity (Wildman–Crippen MR) is 69.0 cm³/mol. The van der Waals surface area contributed by atoms with Gasteiger partial charge in [-0.25, -0.2) is 14.0 Å². The Morgan fingerprint density at radius 3 is 2.44 bits per heavy atom. The Morgan fingerprint density at radius 1 is 1.28 bits per heavy atom. The first-order valence-electron chi connectivity index (χ1n) is 6.49. The number of hydrogen-bond donors (Lipinski definition) is 0. The van der Waals surface area contributed by atoms with Crippen molar-refractivity contribution in [1.29, 1.82) is 0 Å². The van der Waals surface area contributed by atoms with E-state index in [0.717, 1.165) is 25.9 Å². The molecule has 0 unspecified atom stereocenters. The molecule has 0 amide bonds. The third kappa shape index (κ3) is 2.58. The summed E-state index contributed by atoms with van der Waals surface area (Å²) >= 11 is 0. The van der Waals surface area contributed by atoms with Crippen molar-refractivity contribution in [2.45, 2.75) is 38.8 Å². The molecule has 18 heavy (non-hydrogen) atoms. The summed E-state index contributed by atoms with van der Waals surface area (Å²) in [4.78, 5) is 14.2. The molecule has 1 aliphatic rings. The molecule has 1 saturated heterocycles. The summed E-state index contributed by atoms with van der Waals surface area (Å²) in [6.45, 7) is 5.99. The van der Waals surface area contributed by atoms with Crippen LogP contribution in [0.3, 0.4) is 0 Å². The Labute approximate surface area is 107 Å². The van der Waals surface area contributed by atoms with Crippen molar-refractivity contribution in [3.8, 4) is 6.01 Å². The smallest absolute Gasteiger partial charge is 0.348 e. The van der Waals surface area contributed by atoms with Crippen LogP contribution in [0.2, 0.25) is 0 Å². The lowest BCUT2D eigenvalue weighted by molar-refractivity contribution is 0.0989. The number of ether oxygens (including phenoxy) is 1. The highest BCUT2D eigenvalue weighted by atomic mass is 16.5. The molecular weight excluding hydrogens is 232 g/mol. The van der Waals surface area contributed by atoms with E-state index in [1.54, 1.807) is 11.6 Å². The molecule has 0 N–H and O–H groups in total. The highest BCUT2D eigenvalue weighted by Crippen LogP contribution is 2.18. The van der Waals surface area contributed by atoms with Gasteiger partial charge in [0.1, 0.15) is 6.10 Å². The Kier molecular flexibility index (Phi) is 3.75. The van der Waals surface area contributed by atoms with Crippen LogP contribution in [0.15, 0.2) is 4.79 Å². The summed E-state index contributed by atoms with van der Waals surface area (Å²) < 4.78 is 8.85. The van der Waals surface area contributed by atoms with Crippen molar-refractivity contribution in [2.75, 3.05) is 20.1 Å². The van der Waals surface area contributed by atoms with Gasteiger partial charge < -0.3 is 9.64 Å². The normalized spacial score (nSPS) is 18.5. The van der Waals surface area contributed by atoms with E-state index < -0.39 is 0 Å². The van der Waals surface area contributed by atoms with Crippen LogP contribution in [-0.2, 0) is 7.05 Å². The summed E-state index contributed by atoms with van der Waals surface area (Å²) in [6.07, 6.45) is 2.14. The van der Waals surface area contributed by atoms with E-state index in [1.807, 2.05) is 13.8 Å². The molecule has 2 heterocycles. The van der Waals surface area contributed by atoms with Gasteiger partial charge in [0.2, 0.25) is 0 Å². The average molecular weight is 254 g/mol. The number of aryl methyl sites for hydroxylation is 1. The summed E-state index contributed by atoms with van der Waals surface area (Å²) in [5, 5.41) is 4.18. The molecular formula is C12H22N4O2. The zero-order chi connectivity index (χ0) is 13.3. The molecule has 0 aromatic carbocycles. The highest BCUT2D eigenvalue weighted by molar-refractivity contribution is 4.97. The predicted octanol–water partition coefficient (Wildman–Crippen LogP) is 0.636. The summed E-state index contributed by atoms with van der Waals surface area (Å²) in [5.41, 5.74) is -0.118. The molecule has 2 rings (SSSR count). The Morgan fingerprint density at radius 2 is 1.89 bits per heavy atom. The first-order valence-corrected chi connectivity index (χ1v) is 6.49. The van der Waals surface area contributed by atoms with Crippen LogP contribution < -0.4 is 10.4 Å². The molecule has 0 atom stereocenters. The van der Waals surface area contributed by atoms with Gasteiger partial charge in [-0.3, -0.25) is 0 Å². The fourth-order valence-electron chi connectivity index (χ4n) is 2.23. The van der Waals surface area contributed by atoms with Crippen LogP contribution >= 0.6 is 0 Å². The van der Waals surface area contributed by atoms with Crippen LogP contribution in [-0.4, -0.2) is 45.5 Å². The molecule has 0 radical (unpaired) electrons. The Hall–Kier alpha value is -1.30. The summed E-state index contributed by atoms with van der Waals surface area (Å²) in [7, 11) is 3.77. The number of piperidine rings is 1. The van der Waals surface area contributed by atoms with Gasteiger partial charge in [0.15, 0.2) is 0 Å². The van der Waals surface area contributed by atoms with E-state index in [1.165, 1.54) is 4.68 Å². The third-order valence-corrected chi connectivity index (χ3v) is 3.38. The first kappa shape index (κ1) is 13.1. The molecule has 1 fully saturated rings. The van der Waals surface area contributed by atoms with Crippen molar-refractivity contribution in [3.63, 3.8) is 0 Å². The molecule has 6 nitrogen and oxygen atoms in total. The van der Waals surface area contributed by atoms with Crippen molar-refractivity contribution in [2.24, 2.45) is 7.05 Å². The maximum atomic E-state index is 11.9. The highest BCUT2D eigenvalue weighted by Gasteiger charge is 2.22. The van der Waals surface area contributed by atoms with Gasteiger partial charge in [0, 0.05) is 26.2 Å². The van der Waals surface area contributed by atoms with Crippen molar-refractivity contribution in [1.82, 2.24) is 19.2 Å². The molecule has 0 saturated carbocycles. The van der Waals surface area contributed by atoms with Crippen LogP contribution in [0, 0.1) is 0 Å². The number of likely N-dealkylation sites (tertiary alicyclic amines) is 1. The van der Waals surface area contributed by atoms with Gasteiger partial charge in [0.25, 0.3) is 0 Å². The van der Waals surface area contributed by atoms with Crippen LogP contribution in [0.5, 0.6) is 6.01 Å². The first-order chi connectivity index (χ1) is 8.49. The van der Waals surface area contributed by atoms with Crippen molar-refractivity contribution < 1.29 is 4.74 Å². The number of aromatic nitrogens is 3. The van der Waals surface area contributed by atoms with E-state index in [4.69, 9.17) is 4.74 Å². The van der Waals surface area contributed by atoms with Gasteiger partial charge in [-0.05, 0) is 33.7 Å². The van der Waals surface area contributed by atoms with E-state index in [9.17, 15) is 4.79 Å². The second-order valence-electron chi connectivity index (χ2n) is 5.27. The number of hydrogen-bond acceptors (Lipinski definition) is 4. The second-order valence-corrected chi connectivity index (χ2v) is 5.27. The average Bonchev–Trinajstić information content (AvgIpc) is 2.58. The quantitative estimate of drug-likeness (QED) is 0.794. The molecule has 1 aromatic heterocycles. The minimum atomic E-state index is -0.118. The molecule has 1 aromatic rings. The fraction of sp³-hybridized carbons (Fsp3) is 0.833. The Bertz CT molecular complexity index is 455. The zero-order valence-electron chi connectivity index (χ0n) is 11.6. The van der Waals surface area contributed by atoms with Gasteiger partial charge in [-0.15, -0.1) is 5.10 Å². The van der Waals surface area contributed by atoms with Gasteiger partial charge >= 0.3 is 11.7 Å². The molecule has 6 heteroatoms. The summed E-state index contributed by atoms with van der Waals surface area (Å²) in [5.74, 6) is 0. The molecule has 102 valence electrons. The van der Waals surface area contributed by atoms with Crippen molar-refractivity contribution in [3.05, 3.63) is 10.5 Å². The SMILES string of the molecule is CC(C)n1c(OC2CCN(C)CC2)nn(C)c1=O. The monoisotopic (exact) mass is 254 g/mol. The van der Waals surface area contributed by atoms with E-state index in [2.05, 4.69) is 17.0 Å². The number of rotatable bonds is 3. The molecule has 0 spiro atoms. The maximum Gasteiger partial charge on any atom is 0.348 e. The van der Waals surface area contributed by atoms with Crippen molar-refractivity contribution >= 4 is 0 Å². The largest absolute Gasteiger partial charge is 0.460 e. The van der Waals surface area contributed by atoms with E-state index in [-0.39, 0.29) is 17.8 Å². The minimum absolute atomic E-state index is 0.0625. The fourth-order valence-corrected chi connectivity index (χ4v) is 2.23. The van der Waals surface area contributed by atoms with Gasteiger partial charge in [0.05, 0.1) is 0 Å². The molecule has 0 aliphatic carbocycles. The van der Waals surface area contributed by atoms with Gasteiger partial charge in [-0.2, -0.15) is 0 Å². The summed E-state index contributed by atoms with van der Waals surface area (Å²) in [6, 6.07) is 0.513. The number of nitrogens with zero attached hydrogens (tertiary/aromatic N) is 4. The lowest BCUT2D eigenvalue weighted by Crippen LogP contribution is -2.36. The lowest BCUT2D eigenvalue weighted by Gasteiger charge is -2.28. The zero-order valence-corrected chi connectivity index (χ0v) is 11.6. The van der Waals surface area contributed by atoms with Crippen LogP contribution in [0.25, 0.3) is 0 Å². The molecule has 0 bridgehead atoms.